The number of hydrazine groups is 1. The van der Waals surface area contributed by atoms with Crippen molar-refractivity contribution in [3.8, 4) is 6.07 Å². The van der Waals surface area contributed by atoms with Crippen LogP contribution in [0.1, 0.15) is 24.8 Å². The highest BCUT2D eigenvalue weighted by Crippen LogP contribution is 2.32. The number of fused-ring (bicyclic) bond motifs is 1. The van der Waals surface area contributed by atoms with E-state index < -0.39 is 12.7 Å². The van der Waals surface area contributed by atoms with Gasteiger partial charge in [-0.1, -0.05) is 30.7 Å². The van der Waals surface area contributed by atoms with Gasteiger partial charge in [-0.25, -0.2) is 5.01 Å². The van der Waals surface area contributed by atoms with E-state index in [2.05, 4.69) is 6.07 Å². The summed E-state index contributed by atoms with van der Waals surface area (Å²) in [5.41, 5.74) is 1.27. The summed E-state index contributed by atoms with van der Waals surface area (Å²) in [5.74, 6) is 0. The van der Waals surface area contributed by atoms with Gasteiger partial charge in [-0.3, -0.25) is 0 Å². The zero-order chi connectivity index (χ0) is 17.2. The van der Waals surface area contributed by atoms with Gasteiger partial charge in [0.05, 0.1) is 17.3 Å². The summed E-state index contributed by atoms with van der Waals surface area (Å²) in [6, 6.07) is 13.0. The van der Waals surface area contributed by atoms with Crippen LogP contribution in [0.5, 0.6) is 0 Å². The number of hydrogen-bond donors (Lipinski definition) is 0. The van der Waals surface area contributed by atoms with Gasteiger partial charge in [-0.05, 0) is 25.0 Å². The Kier molecular flexibility index (Phi) is 4.63. The highest BCUT2D eigenvalue weighted by atomic mass is 19.4. The highest BCUT2D eigenvalue weighted by Gasteiger charge is 2.34. The Morgan fingerprint density at radius 1 is 0.958 bits per heavy atom. The molecule has 0 N–H and O–H groups in total. The smallest absolute Gasteiger partial charge is 0.305 e. The van der Waals surface area contributed by atoms with Crippen LogP contribution in [0.25, 0.3) is 10.8 Å². The third-order valence-electron chi connectivity index (χ3n) is 4.29. The molecule has 0 atom stereocenters. The van der Waals surface area contributed by atoms with Crippen molar-refractivity contribution >= 4 is 16.5 Å². The topological polar surface area (TPSA) is 30.3 Å². The highest BCUT2D eigenvalue weighted by molar-refractivity contribution is 5.97. The molecule has 0 amide bonds. The van der Waals surface area contributed by atoms with Crippen molar-refractivity contribution in [2.75, 3.05) is 24.6 Å². The summed E-state index contributed by atoms with van der Waals surface area (Å²) in [6.07, 6.45) is -1.73. The molecule has 3 rings (SSSR count). The van der Waals surface area contributed by atoms with Crippen molar-refractivity contribution in [1.82, 2.24) is 5.01 Å². The minimum absolute atomic E-state index is 0.383. The fourth-order valence-corrected chi connectivity index (χ4v) is 3.24. The van der Waals surface area contributed by atoms with Crippen LogP contribution in [0, 0.1) is 11.3 Å². The molecule has 2 aromatic rings. The van der Waals surface area contributed by atoms with Crippen LogP contribution < -0.4 is 5.01 Å². The van der Waals surface area contributed by atoms with E-state index >= 15 is 0 Å². The lowest BCUT2D eigenvalue weighted by Crippen LogP contribution is -2.47. The molecule has 0 unspecified atom stereocenters. The third-order valence-corrected chi connectivity index (χ3v) is 4.29. The fourth-order valence-electron chi connectivity index (χ4n) is 3.24. The van der Waals surface area contributed by atoms with Crippen LogP contribution in [0.15, 0.2) is 36.4 Å². The molecule has 1 fully saturated rings. The maximum atomic E-state index is 13.0. The summed E-state index contributed by atoms with van der Waals surface area (Å²) in [4.78, 5) is 0. The quantitative estimate of drug-likeness (QED) is 0.812. The van der Waals surface area contributed by atoms with Gasteiger partial charge in [0.15, 0.2) is 0 Å². The van der Waals surface area contributed by atoms with Gasteiger partial charge in [-0.2, -0.15) is 18.4 Å². The first kappa shape index (κ1) is 16.6. The van der Waals surface area contributed by atoms with Crippen molar-refractivity contribution < 1.29 is 13.2 Å². The molecule has 0 saturated carbocycles. The molecule has 0 bridgehead atoms. The van der Waals surface area contributed by atoms with Crippen molar-refractivity contribution in [1.29, 1.82) is 5.26 Å². The third kappa shape index (κ3) is 3.46. The Bertz CT molecular complexity index is 764. The second-order valence-corrected chi connectivity index (χ2v) is 5.98. The van der Waals surface area contributed by atoms with E-state index in [0.29, 0.717) is 18.7 Å². The number of nitriles is 1. The molecule has 24 heavy (non-hydrogen) atoms. The molecular weight excluding hydrogens is 315 g/mol. The Labute approximate surface area is 138 Å². The molecule has 1 heterocycles. The maximum Gasteiger partial charge on any atom is 0.403 e. The second kappa shape index (κ2) is 6.70. The number of nitrogens with zero attached hydrogens (tertiary/aromatic N) is 3. The first-order chi connectivity index (χ1) is 11.5. The van der Waals surface area contributed by atoms with Crippen molar-refractivity contribution in [3.63, 3.8) is 0 Å². The molecular formula is C18H18F3N3. The molecule has 1 saturated heterocycles. The maximum absolute atomic E-state index is 13.0. The Morgan fingerprint density at radius 2 is 1.67 bits per heavy atom. The number of anilines is 1. The number of halogens is 3. The van der Waals surface area contributed by atoms with E-state index in [1.54, 1.807) is 17.1 Å². The van der Waals surface area contributed by atoms with E-state index in [4.69, 9.17) is 0 Å². The lowest BCUT2D eigenvalue weighted by molar-refractivity contribution is -0.147. The SMILES string of the molecule is N#Cc1ccc(N2CCCCCN2CC(F)(F)F)c2ccccc12. The van der Waals surface area contributed by atoms with E-state index in [1.807, 2.05) is 24.3 Å². The van der Waals surface area contributed by atoms with E-state index in [1.165, 1.54) is 5.01 Å². The van der Waals surface area contributed by atoms with E-state index in [-0.39, 0.29) is 0 Å². The summed E-state index contributed by atoms with van der Waals surface area (Å²) in [6.45, 7) is -0.0266. The minimum atomic E-state index is -4.25. The molecule has 0 aliphatic carbocycles. The second-order valence-electron chi connectivity index (χ2n) is 5.98. The predicted octanol–water partition coefficient (Wildman–Crippen LogP) is 4.48. The average Bonchev–Trinajstić information content (AvgIpc) is 2.77. The number of benzene rings is 2. The number of hydrogen-bond acceptors (Lipinski definition) is 3. The molecule has 1 aliphatic heterocycles. The van der Waals surface area contributed by atoms with Crippen LogP contribution in [-0.4, -0.2) is 30.8 Å². The Morgan fingerprint density at radius 3 is 2.38 bits per heavy atom. The van der Waals surface area contributed by atoms with Gasteiger partial charge in [0, 0.05) is 23.9 Å². The normalized spacial score (nSPS) is 16.8. The zero-order valence-electron chi connectivity index (χ0n) is 13.2. The molecule has 0 spiro atoms. The Hall–Kier alpha value is -2.26. The lowest BCUT2D eigenvalue weighted by atomic mass is 10.0. The molecule has 6 heteroatoms. The van der Waals surface area contributed by atoms with Crippen LogP contribution in [0.2, 0.25) is 0 Å². The Balaban J connectivity index is 2.07. The van der Waals surface area contributed by atoms with Gasteiger partial charge in [0.2, 0.25) is 0 Å². The van der Waals surface area contributed by atoms with Crippen molar-refractivity contribution in [3.05, 3.63) is 42.0 Å². The lowest BCUT2D eigenvalue weighted by Gasteiger charge is -2.36. The van der Waals surface area contributed by atoms with Gasteiger partial charge in [-0.15, -0.1) is 0 Å². The van der Waals surface area contributed by atoms with Crippen LogP contribution in [0.3, 0.4) is 0 Å². The minimum Gasteiger partial charge on any atom is -0.305 e. The molecule has 126 valence electrons. The van der Waals surface area contributed by atoms with Crippen molar-refractivity contribution in [2.24, 2.45) is 0 Å². The average molecular weight is 333 g/mol. The summed E-state index contributed by atoms with van der Waals surface area (Å²) in [5, 5.41) is 14.0. The molecule has 3 nitrogen and oxygen atoms in total. The molecule has 2 aromatic carbocycles. The monoisotopic (exact) mass is 333 g/mol. The van der Waals surface area contributed by atoms with Crippen LogP contribution >= 0.6 is 0 Å². The summed E-state index contributed by atoms with van der Waals surface area (Å²) in [7, 11) is 0. The standard InChI is InChI=1S/C18H18F3N3/c19-18(20,21)13-23-10-4-1-5-11-24(23)17-9-8-14(12-22)15-6-2-3-7-16(15)17/h2-3,6-9H,1,4-5,10-11,13H2. The molecule has 1 aliphatic rings. The van der Waals surface area contributed by atoms with Gasteiger partial charge in [0.25, 0.3) is 0 Å². The largest absolute Gasteiger partial charge is 0.403 e. The van der Waals surface area contributed by atoms with Gasteiger partial charge >= 0.3 is 6.18 Å². The number of alkyl halides is 3. The van der Waals surface area contributed by atoms with E-state index in [0.717, 1.165) is 35.7 Å². The van der Waals surface area contributed by atoms with Crippen LogP contribution in [-0.2, 0) is 0 Å². The van der Waals surface area contributed by atoms with Gasteiger partial charge < -0.3 is 5.01 Å². The molecule has 0 radical (unpaired) electrons. The van der Waals surface area contributed by atoms with Gasteiger partial charge in [0.1, 0.15) is 6.54 Å². The zero-order valence-corrected chi connectivity index (χ0v) is 13.2. The number of rotatable bonds is 2. The predicted molar refractivity (Wildman–Crippen MR) is 87.5 cm³/mol. The summed E-state index contributed by atoms with van der Waals surface area (Å²) < 4.78 is 38.9. The molecule has 0 aromatic heterocycles. The summed E-state index contributed by atoms with van der Waals surface area (Å²) >= 11 is 0. The van der Waals surface area contributed by atoms with Crippen molar-refractivity contribution in [2.45, 2.75) is 25.4 Å². The van der Waals surface area contributed by atoms with Crippen LogP contribution in [0.4, 0.5) is 18.9 Å². The fraction of sp³-hybridized carbons (Fsp3) is 0.389. The first-order valence-corrected chi connectivity index (χ1v) is 8.00. The first-order valence-electron chi connectivity index (χ1n) is 8.00. The van der Waals surface area contributed by atoms with E-state index in [9.17, 15) is 18.4 Å².